The zero-order valence-electron chi connectivity index (χ0n) is 5.99. The fourth-order valence-corrected chi connectivity index (χ4v) is 0.555. The first-order valence-electron chi connectivity index (χ1n) is 3.15. The molecule has 0 spiro atoms. The number of hydrogen-bond donors (Lipinski definition) is 0. The highest BCUT2D eigenvalue weighted by Gasteiger charge is 1.95. The summed E-state index contributed by atoms with van der Waals surface area (Å²) in [5, 5.41) is 4.18. The maximum Gasteiger partial charge on any atom is 0.0570 e. The Morgan fingerprint density at radius 1 is 1.40 bits per heavy atom. The van der Waals surface area contributed by atoms with E-state index in [1.807, 2.05) is 0 Å². The molecule has 0 aliphatic carbocycles. The second-order valence-corrected chi connectivity index (χ2v) is 1.86. The lowest BCUT2D eigenvalue weighted by atomic mass is 10.4. The Kier molecular flexibility index (Phi) is 5.33. The summed E-state index contributed by atoms with van der Waals surface area (Å²) in [5.41, 5.74) is 0. The van der Waals surface area contributed by atoms with Gasteiger partial charge in [-0.3, -0.25) is 5.01 Å². The third kappa shape index (κ3) is 3.83. The summed E-state index contributed by atoms with van der Waals surface area (Å²) in [5.74, 6) is 0. The molecule has 0 aliphatic heterocycles. The topological polar surface area (TPSA) is 32.7 Å². The molecule has 0 amide bonds. The van der Waals surface area contributed by atoms with Crippen LogP contribution in [0.25, 0.3) is 0 Å². The molecule has 0 fully saturated rings. The minimum Gasteiger partial charge on any atom is -0.257 e. The maximum absolute atomic E-state index is 9.99. The minimum atomic E-state index is 0.511. The normalized spacial score (nSPS) is 8.40. The van der Waals surface area contributed by atoms with Gasteiger partial charge in [0.2, 0.25) is 0 Å². The summed E-state index contributed by atoms with van der Waals surface area (Å²) >= 11 is 0. The third-order valence-electron chi connectivity index (χ3n) is 1.05. The maximum atomic E-state index is 9.99. The summed E-state index contributed by atoms with van der Waals surface area (Å²) in [4.78, 5) is 9.99. The van der Waals surface area contributed by atoms with Gasteiger partial charge < -0.3 is 0 Å². The van der Waals surface area contributed by atoms with E-state index in [-0.39, 0.29) is 0 Å². The molecular formula is C7H12N2O. The number of nitroso groups, excluding NO2 is 1. The van der Waals surface area contributed by atoms with Crippen LogP contribution in [0.1, 0.15) is 6.42 Å². The van der Waals surface area contributed by atoms with Crippen LogP contribution >= 0.6 is 0 Å². The van der Waals surface area contributed by atoms with Crippen LogP contribution in [0.4, 0.5) is 0 Å². The van der Waals surface area contributed by atoms with E-state index < -0.39 is 0 Å². The van der Waals surface area contributed by atoms with Gasteiger partial charge in [-0.05, 0) is 6.42 Å². The molecule has 56 valence electrons. The minimum absolute atomic E-state index is 0.511. The van der Waals surface area contributed by atoms with Crippen LogP contribution < -0.4 is 0 Å². The summed E-state index contributed by atoms with van der Waals surface area (Å²) in [6.45, 7) is 8.16. The summed E-state index contributed by atoms with van der Waals surface area (Å²) in [6, 6.07) is 0. The summed E-state index contributed by atoms with van der Waals surface area (Å²) in [7, 11) is 0. The third-order valence-corrected chi connectivity index (χ3v) is 1.05. The van der Waals surface area contributed by atoms with Gasteiger partial charge in [0.15, 0.2) is 0 Å². The van der Waals surface area contributed by atoms with Crippen molar-refractivity contribution in [3.8, 4) is 0 Å². The van der Waals surface area contributed by atoms with Gasteiger partial charge in [0.1, 0.15) is 0 Å². The van der Waals surface area contributed by atoms with Gasteiger partial charge in [-0.2, -0.15) is 0 Å². The molecule has 0 aromatic carbocycles. The highest BCUT2D eigenvalue weighted by molar-refractivity contribution is 4.74. The zero-order valence-corrected chi connectivity index (χ0v) is 5.99. The average molecular weight is 140 g/mol. The Bertz CT molecular complexity index is 123. The van der Waals surface area contributed by atoms with Gasteiger partial charge in [0, 0.05) is 6.54 Å². The first kappa shape index (κ1) is 8.88. The second-order valence-electron chi connectivity index (χ2n) is 1.86. The van der Waals surface area contributed by atoms with Crippen LogP contribution in [0.5, 0.6) is 0 Å². The molecule has 0 rings (SSSR count). The van der Waals surface area contributed by atoms with E-state index in [1.165, 1.54) is 5.01 Å². The van der Waals surface area contributed by atoms with Crippen molar-refractivity contribution in [2.45, 2.75) is 6.42 Å². The van der Waals surface area contributed by atoms with Crippen LogP contribution in [0.15, 0.2) is 30.6 Å². The van der Waals surface area contributed by atoms with Crippen molar-refractivity contribution in [2.24, 2.45) is 5.29 Å². The molecule has 0 saturated heterocycles. The average Bonchev–Trinajstić information content (AvgIpc) is 1.98. The first-order valence-corrected chi connectivity index (χ1v) is 3.15. The Morgan fingerprint density at radius 2 is 2.10 bits per heavy atom. The van der Waals surface area contributed by atoms with E-state index in [1.54, 1.807) is 12.2 Å². The van der Waals surface area contributed by atoms with E-state index in [9.17, 15) is 4.91 Å². The van der Waals surface area contributed by atoms with Gasteiger partial charge in [-0.15, -0.1) is 18.1 Å². The molecule has 0 saturated carbocycles. The molecule has 0 N–H and O–H groups in total. The predicted molar refractivity (Wildman–Crippen MR) is 42.4 cm³/mol. The lowest BCUT2D eigenvalue weighted by Crippen LogP contribution is -2.17. The molecule has 10 heavy (non-hydrogen) atoms. The molecular weight excluding hydrogens is 128 g/mol. The van der Waals surface area contributed by atoms with Gasteiger partial charge in [-0.1, -0.05) is 12.2 Å². The standard InChI is InChI=1S/C7H12N2O/c1-3-5-7-9(8-10)6-4-2/h3-4H,1-2,5-7H2. The van der Waals surface area contributed by atoms with Crippen LogP contribution in [-0.2, 0) is 0 Å². The van der Waals surface area contributed by atoms with Crippen LogP contribution in [0, 0.1) is 4.91 Å². The fraction of sp³-hybridized carbons (Fsp3) is 0.429. The van der Waals surface area contributed by atoms with Gasteiger partial charge in [0.05, 0.1) is 11.8 Å². The largest absolute Gasteiger partial charge is 0.257 e. The molecule has 0 unspecified atom stereocenters. The predicted octanol–water partition coefficient (Wildman–Crippen LogP) is 1.73. The Labute approximate surface area is 61.0 Å². The van der Waals surface area contributed by atoms with E-state index in [0.29, 0.717) is 13.1 Å². The summed E-state index contributed by atoms with van der Waals surface area (Å²) < 4.78 is 0. The number of hydrogen-bond acceptors (Lipinski definition) is 2. The quantitative estimate of drug-likeness (QED) is 0.320. The molecule has 3 nitrogen and oxygen atoms in total. The SMILES string of the molecule is C=CCCN(CC=C)N=O. The van der Waals surface area contributed by atoms with E-state index in [2.05, 4.69) is 18.4 Å². The fourth-order valence-electron chi connectivity index (χ4n) is 0.555. The molecule has 0 radical (unpaired) electrons. The van der Waals surface area contributed by atoms with E-state index in [0.717, 1.165) is 6.42 Å². The first-order chi connectivity index (χ1) is 4.85. The number of rotatable bonds is 6. The Morgan fingerprint density at radius 3 is 2.50 bits per heavy atom. The second kappa shape index (κ2) is 6.01. The van der Waals surface area contributed by atoms with E-state index >= 15 is 0 Å². The van der Waals surface area contributed by atoms with Crippen molar-refractivity contribution in [1.29, 1.82) is 0 Å². The highest BCUT2D eigenvalue weighted by Crippen LogP contribution is 1.91. The molecule has 0 aromatic rings. The lowest BCUT2D eigenvalue weighted by molar-refractivity contribution is 0.322. The summed E-state index contributed by atoms with van der Waals surface area (Å²) in [6.07, 6.45) is 4.17. The van der Waals surface area contributed by atoms with E-state index in [4.69, 9.17) is 0 Å². The van der Waals surface area contributed by atoms with Gasteiger partial charge in [0.25, 0.3) is 0 Å². The molecule has 3 heteroatoms. The van der Waals surface area contributed by atoms with Crippen molar-refractivity contribution in [3.63, 3.8) is 0 Å². The van der Waals surface area contributed by atoms with Crippen LogP contribution in [0.2, 0.25) is 0 Å². The van der Waals surface area contributed by atoms with Crippen LogP contribution in [-0.4, -0.2) is 18.1 Å². The van der Waals surface area contributed by atoms with Crippen LogP contribution in [0.3, 0.4) is 0 Å². The monoisotopic (exact) mass is 140 g/mol. The van der Waals surface area contributed by atoms with Gasteiger partial charge in [-0.25, -0.2) is 0 Å². The Hall–Kier alpha value is -1.12. The molecule has 0 bridgehead atoms. The molecule has 0 aliphatic rings. The Balaban J connectivity index is 3.47. The molecule has 0 aromatic heterocycles. The van der Waals surface area contributed by atoms with Crippen molar-refractivity contribution in [1.82, 2.24) is 5.01 Å². The molecule has 0 heterocycles. The van der Waals surface area contributed by atoms with Crippen molar-refractivity contribution < 1.29 is 0 Å². The van der Waals surface area contributed by atoms with Crippen molar-refractivity contribution >= 4 is 0 Å². The zero-order chi connectivity index (χ0) is 7.82. The smallest absolute Gasteiger partial charge is 0.0570 e. The lowest BCUT2D eigenvalue weighted by Gasteiger charge is -2.09. The van der Waals surface area contributed by atoms with Crippen molar-refractivity contribution in [3.05, 3.63) is 30.2 Å². The highest BCUT2D eigenvalue weighted by atomic mass is 16.3. The number of nitrogens with zero attached hydrogens (tertiary/aromatic N) is 2. The van der Waals surface area contributed by atoms with Gasteiger partial charge >= 0.3 is 0 Å². The van der Waals surface area contributed by atoms with Crippen molar-refractivity contribution in [2.75, 3.05) is 13.1 Å². The molecule has 0 atom stereocenters.